The first kappa shape index (κ1) is 12.7. The van der Waals surface area contributed by atoms with Gasteiger partial charge in [0.1, 0.15) is 11.3 Å². The highest BCUT2D eigenvalue weighted by atomic mass is 16.5. The fraction of sp³-hybridized carbons (Fsp3) is 0.500. The Balaban J connectivity index is 2.45. The predicted molar refractivity (Wildman–Crippen MR) is 70.2 cm³/mol. The van der Waals surface area contributed by atoms with Crippen LogP contribution in [-0.4, -0.2) is 31.3 Å². The van der Waals surface area contributed by atoms with Gasteiger partial charge >= 0.3 is 5.97 Å². The summed E-state index contributed by atoms with van der Waals surface area (Å²) in [6.45, 7) is 3.76. The third-order valence-corrected chi connectivity index (χ3v) is 3.33. The summed E-state index contributed by atoms with van der Waals surface area (Å²) in [5.41, 5.74) is 2.02. The molecular formula is C14H19NO3. The van der Waals surface area contributed by atoms with Crippen LogP contribution in [0.1, 0.15) is 35.2 Å². The lowest BCUT2D eigenvalue weighted by atomic mass is 10.0. The monoisotopic (exact) mass is 249 g/mol. The van der Waals surface area contributed by atoms with E-state index < -0.39 is 5.97 Å². The number of phenolic OH excluding ortho intramolecular Hbond substituents is 1. The van der Waals surface area contributed by atoms with Gasteiger partial charge in [0.2, 0.25) is 0 Å². The number of esters is 1. The lowest BCUT2D eigenvalue weighted by Crippen LogP contribution is -2.31. The lowest BCUT2D eigenvalue weighted by Gasteiger charge is -2.30. The summed E-state index contributed by atoms with van der Waals surface area (Å²) in [5.74, 6) is -0.476. The van der Waals surface area contributed by atoms with Crippen molar-refractivity contribution in [3.63, 3.8) is 0 Å². The van der Waals surface area contributed by atoms with Crippen LogP contribution in [0, 0.1) is 6.92 Å². The van der Waals surface area contributed by atoms with E-state index in [-0.39, 0.29) is 11.3 Å². The molecule has 0 aliphatic carbocycles. The van der Waals surface area contributed by atoms with Crippen LogP contribution in [0.2, 0.25) is 0 Å². The number of rotatable bonds is 2. The van der Waals surface area contributed by atoms with Gasteiger partial charge in [-0.15, -0.1) is 0 Å². The fourth-order valence-corrected chi connectivity index (χ4v) is 2.44. The summed E-state index contributed by atoms with van der Waals surface area (Å²) in [6.07, 6.45) is 3.46. The first-order valence-corrected chi connectivity index (χ1v) is 6.30. The minimum atomic E-state index is -0.479. The molecule has 0 unspecified atom stereocenters. The summed E-state index contributed by atoms with van der Waals surface area (Å²) in [5, 5.41) is 9.98. The van der Waals surface area contributed by atoms with Crippen molar-refractivity contribution in [3.8, 4) is 5.75 Å². The van der Waals surface area contributed by atoms with Gasteiger partial charge in [-0.1, -0.05) is 0 Å². The first-order chi connectivity index (χ1) is 8.63. The van der Waals surface area contributed by atoms with Gasteiger partial charge in [-0.2, -0.15) is 0 Å². The molecule has 1 heterocycles. The maximum atomic E-state index is 11.8. The number of phenols is 1. The number of aromatic hydroxyl groups is 1. The quantitative estimate of drug-likeness (QED) is 0.818. The molecule has 1 fully saturated rings. The molecule has 1 aliphatic heterocycles. The Kier molecular flexibility index (Phi) is 3.75. The molecule has 1 aromatic rings. The van der Waals surface area contributed by atoms with E-state index in [2.05, 4.69) is 4.90 Å². The molecular weight excluding hydrogens is 230 g/mol. The van der Waals surface area contributed by atoms with Crippen LogP contribution in [-0.2, 0) is 4.74 Å². The topological polar surface area (TPSA) is 49.8 Å². The molecule has 0 amide bonds. The number of hydrogen-bond donors (Lipinski definition) is 1. The van der Waals surface area contributed by atoms with Gasteiger partial charge in [0, 0.05) is 13.1 Å². The van der Waals surface area contributed by atoms with Gasteiger partial charge in [-0.25, -0.2) is 4.79 Å². The third kappa shape index (κ3) is 2.42. The average molecular weight is 249 g/mol. The van der Waals surface area contributed by atoms with Crippen molar-refractivity contribution in [2.24, 2.45) is 0 Å². The molecule has 1 saturated heterocycles. The summed E-state index contributed by atoms with van der Waals surface area (Å²) in [4.78, 5) is 14.0. The van der Waals surface area contributed by atoms with Crippen LogP contribution < -0.4 is 4.90 Å². The third-order valence-electron chi connectivity index (χ3n) is 3.33. The Bertz CT molecular complexity index is 451. The second-order valence-corrected chi connectivity index (χ2v) is 4.72. The number of aryl methyl sites for hydroxylation is 1. The number of hydrogen-bond acceptors (Lipinski definition) is 4. The summed E-state index contributed by atoms with van der Waals surface area (Å²) in [7, 11) is 1.33. The number of ether oxygens (including phenoxy) is 1. The van der Waals surface area contributed by atoms with Gasteiger partial charge in [0.05, 0.1) is 12.8 Å². The second-order valence-electron chi connectivity index (χ2n) is 4.72. The standard InChI is InChI=1S/C14H19NO3/c1-10-8-11(15-6-4-3-5-7-15)13(12(16)9-10)14(17)18-2/h8-9,16H,3-7H2,1-2H3. The number of piperidine rings is 1. The molecule has 0 aromatic heterocycles. The molecule has 1 aliphatic rings. The zero-order valence-corrected chi connectivity index (χ0v) is 10.9. The molecule has 0 atom stereocenters. The van der Waals surface area contributed by atoms with Gasteiger partial charge in [0.25, 0.3) is 0 Å². The van der Waals surface area contributed by atoms with Crippen molar-refractivity contribution in [1.29, 1.82) is 0 Å². The Morgan fingerprint density at radius 2 is 1.94 bits per heavy atom. The number of carbonyl (C=O) groups excluding carboxylic acids is 1. The number of anilines is 1. The van der Waals surface area contributed by atoms with E-state index >= 15 is 0 Å². The van der Waals surface area contributed by atoms with Crippen molar-refractivity contribution in [3.05, 3.63) is 23.3 Å². The van der Waals surface area contributed by atoms with Crippen molar-refractivity contribution in [2.45, 2.75) is 26.2 Å². The molecule has 2 rings (SSSR count). The maximum Gasteiger partial charge on any atom is 0.343 e. The molecule has 1 N–H and O–H groups in total. The van der Waals surface area contributed by atoms with E-state index in [1.807, 2.05) is 13.0 Å². The number of benzene rings is 1. The smallest absolute Gasteiger partial charge is 0.343 e. The SMILES string of the molecule is COC(=O)c1c(O)cc(C)cc1N1CCCCC1. The number of carbonyl (C=O) groups is 1. The van der Waals surface area contributed by atoms with Crippen LogP contribution in [0.3, 0.4) is 0 Å². The molecule has 4 nitrogen and oxygen atoms in total. The molecule has 0 spiro atoms. The van der Waals surface area contributed by atoms with Gasteiger partial charge in [-0.05, 0) is 43.9 Å². The Morgan fingerprint density at radius 3 is 2.56 bits per heavy atom. The van der Waals surface area contributed by atoms with Gasteiger partial charge in [0.15, 0.2) is 0 Å². The summed E-state index contributed by atoms with van der Waals surface area (Å²) >= 11 is 0. The highest BCUT2D eigenvalue weighted by molar-refractivity contribution is 5.99. The fourth-order valence-electron chi connectivity index (χ4n) is 2.44. The molecule has 4 heteroatoms. The lowest BCUT2D eigenvalue weighted by molar-refractivity contribution is 0.0598. The van der Waals surface area contributed by atoms with Crippen molar-refractivity contribution in [2.75, 3.05) is 25.1 Å². The molecule has 1 aromatic carbocycles. The molecule has 18 heavy (non-hydrogen) atoms. The van der Waals surface area contributed by atoms with Crippen molar-refractivity contribution >= 4 is 11.7 Å². The Hall–Kier alpha value is -1.71. The van der Waals surface area contributed by atoms with Crippen molar-refractivity contribution in [1.82, 2.24) is 0 Å². The van der Waals surface area contributed by atoms with Crippen LogP contribution in [0.25, 0.3) is 0 Å². The average Bonchev–Trinajstić information content (AvgIpc) is 2.38. The zero-order valence-electron chi connectivity index (χ0n) is 10.9. The van der Waals surface area contributed by atoms with Crippen molar-refractivity contribution < 1.29 is 14.6 Å². The van der Waals surface area contributed by atoms with E-state index in [1.165, 1.54) is 13.5 Å². The van der Waals surface area contributed by atoms with E-state index in [0.717, 1.165) is 37.2 Å². The van der Waals surface area contributed by atoms with Crippen LogP contribution in [0.5, 0.6) is 5.75 Å². The van der Waals surface area contributed by atoms with Crippen LogP contribution in [0.4, 0.5) is 5.69 Å². The Labute approximate surface area is 107 Å². The minimum Gasteiger partial charge on any atom is -0.507 e. The molecule has 0 saturated carbocycles. The molecule has 98 valence electrons. The van der Waals surface area contributed by atoms with E-state index in [4.69, 9.17) is 4.74 Å². The molecule has 0 radical (unpaired) electrons. The summed E-state index contributed by atoms with van der Waals surface area (Å²) < 4.78 is 4.76. The Morgan fingerprint density at radius 1 is 1.28 bits per heavy atom. The van der Waals surface area contributed by atoms with Gasteiger partial charge < -0.3 is 14.7 Å². The normalized spacial score (nSPS) is 15.6. The van der Waals surface area contributed by atoms with Gasteiger partial charge in [-0.3, -0.25) is 0 Å². The number of methoxy groups -OCH3 is 1. The van der Waals surface area contributed by atoms with Crippen LogP contribution in [0.15, 0.2) is 12.1 Å². The molecule has 0 bridgehead atoms. The summed E-state index contributed by atoms with van der Waals surface area (Å²) in [6, 6.07) is 3.54. The van der Waals surface area contributed by atoms with E-state index in [1.54, 1.807) is 6.07 Å². The van der Waals surface area contributed by atoms with E-state index in [9.17, 15) is 9.90 Å². The number of nitrogens with zero attached hydrogens (tertiary/aromatic N) is 1. The predicted octanol–water partition coefficient (Wildman–Crippen LogP) is 2.48. The second kappa shape index (κ2) is 5.29. The minimum absolute atomic E-state index is 0.00224. The maximum absolute atomic E-state index is 11.8. The zero-order chi connectivity index (χ0) is 13.1. The highest BCUT2D eigenvalue weighted by Gasteiger charge is 2.22. The first-order valence-electron chi connectivity index (χ1n) is 6.30. The highest BCUT2D eigenvalue weighted by Crippen LogP contribution is 2.32. The van der Waals surface area contributed by atoms with E-state index in [0.29, 0.717) is 0 Å². The largest absolute Gasteiger partial charge is 0.507 e. The van der Waals surface area contributed by atoms with Crippen LogP contribution >= 0.6 is 0 Å².